The van der Waals surface area contributed by atoms with E-state index in [1.807, 2.05) is 0 Å². The van der Waals surface area contributed by atoms with Crippen LogP contribution in [-0.4, -0.2) is 34.0 Å². The van der Waals surface area contributed by atoms with Gasteiger partial charge in [0, 0.05) is 0 Å². The molecule has 0 radical (unpaired) electrons. The van der Waals surface area contributed by atoms with E-state index in [9.17, 15) is 14.7 Å². The second-order valence-electron chi connectivity index (χ2n) is 4.56. The van der Waals surface area contributed by atoms with Crippen LogP contribution in [0.5, 0.6) is 0 Å². The highest BCUT2D eigenvalue weighted by molar-refractivity contribution is 6.09. The fourth-order valence-electron chi connectivity index (χ4n) is 2.76. The van der Waals surface area contributed by atoms with Crippen molar-refractivity contribution < 1.29 is 14.7 Å². The van der Waals surface area contributed by atoms with Crippen LogP contribution in [0.1, 0.15) is 25.7 Å². The van der Waals surface area contributed by atoms with E-state index in [-0.39, 0.29) is 29.7 Å². The van der Waals surface area contributed by atoms with Crippen LogP contribution in [-0.2, 0) is 9.59 Å². The van der Waals surface area contributed by atoms with Crippen LogP contribution in [0.2, 0.25) is 0 Å². The number of carbonyl (C=O) groups excluding carboxylic acids is 2. The van der Waals surface area contributed by atoms with E-state index >= 15 is 0 Å². The van der Waals surface area contributed by atoms with Gasteiger partial charge in [0.25, 0.3) is 0 Å². The third-order valence-electron chi connectivity index (χ3n) is 3.68. The fraction of sp³-hybridized carbons (Fsp3) is 0.800. The molecule has 4 nitrogen and oxygen atoms in total. The largest absolute Gasteiger partial charge is 0.391 e. The van der Waals surface area contributed by atoms with Gasteiger partial charge in [-0.2, -0.15) is 0 Å². The zero-order valence-corrected chi connectivity index (χ0v) is 7.85. The number of rotatable bonds is 1. The number of hydrogen-bond acceptors (Lipinski definition) is 3. The Morgan fingerprint density at radius 1 is 1.14 bits per heavy atom. The fourth-order valence-corrected chi connectivity index (χ4v) is 2.76. The average Bonchev–Trinajstić information content (AvgIpc) is 2.79. The van der Waals surface area contributed by atoms with Crippen molar-refractivity contribution in [3.63, 3.8) is 0 Å². The SMILES string of the molecule is O=C1C2CC2C(=O)N1[C@H]1CCC[C@@H]1O. The van der Waals surface area contributed by atoms with Crippen molar-refractivity contribution in [2.45, 2.75) is 37.8 Å². The maximum Gasteiger partial charge on any atom is 0.233 e. The first kappa shape index (κ1) is 8.41. The maximum absolute atomic E-state index is 11.7. The molecule has 0 aromatic carbocycles. The highest BCUT2D eigenvalue weighted by atomic mass is 16.3. The Labute approximate surface area is 81.9 Å². The summed E-state index contributed by atoms with van der Waals surface area (Å²) in [6, 6.07) is -0.220. The molecule has 0 aromatic rings. The van der Waals surface area contributed by atoms with Crippen molar-refractivity contribution >= 4 is 11.8 Å². The molecule has 1 N–H and O–H groups in total. The lowest BCUT2D eigenvalue weighted by molar-refractivity contribution is -0.146. The Kier molecular flexibility index (Phi) is 1.54. The summed E-state index contributed by atoms with van der Waals surface area (Å²) in [4.78, 5) is 24.7. The Morgan fingerprint density at radius 3 is 2.29 bits per heavy atom. The van der Waals surface area contributed by atoms with Gasteiger partial charge in [-0.3, -0.25) is 14.5 Å². The molecule has 0 bridgehead atoms. The first-order chi connectivity index (χ1) is 6.70. The molecule has 4 heteroatoms. The van der Waals surface area contributed by atoms with E-state index in [1.165, 1.54) is 4.90 Å². The molecule has 3 aliphatic rings. The molecular weight excluding hydrogens is 182 g/mol. The van der Waals surface area contributed by atoms with E-state index in [1.54, 1.807) is 0 Å². The predicted octanol–water partition coefficient (Wildman–Crippen LogP) is -0.0953. The lowest BCUT2D eigenvalue weighted by Gasteiger charge is -2.26. The standard InChI is InChI=1S/C10H13NO3/c12-8-3-1-2-7(8)11-9(13)5-4-6(5)10(11)14/h5-8,12H,1-4H2/t5?,6?,7-,8-/m0/s1. The monoisotopic (exact) mass is 195 g/mol. The Bertz CT molecular complexity index is 294. The number of aliphatic hydroxyl groups excluding tert-OH is 1. The number of amides is 2. The molecule has 2 unspecified atom stereocenters. The smallest absolute Gasteiger partial charge is 0.233 e. The highest BCUT2D eigenvalue weighted by Crippen LogP contribution is 2.48. The molecule has 3 fully saturated rings. The van der Waals surface area contributed by atoms with Crippen molar-refractivity contribution in [1.82, 2.24) is 4.90 Å². The highest BCUT2D eigenvalue weighted by Gasteiger charge is 2.61. The van der Waals surface area contributed by atoms with E-state index in [2.05, 4.69) is 0 Å². The average molecular weight is 195 g/mol. The van der Waals surface area contributed by atoms with Crippen molar-refractivity contribution in [2.24, 2.45) is 11.8 Å². The van der Waals surface area contributed by atoms with Crippen molar-refractivity contribution in [2.75, 3.05) is 0 Å². The topological polar surface area (TPSA) is 57.6 Å². The summed E-state index contributed by atoms with van der Waals surface area (Å²) in [7, 11) is 0. The van der Waals surface area contributed by atoms with Gasteiger partial charge in [-0.1, -0.05) is 0 Å². The number of imide groups is 1. The van der Waals surface area contributed by atoms with Gasteiger partial charge in [0.15, 0.2) is 0 Å². The minimum Gasteiger partial charge on any atom is -0.391 e. The van der Waals surface area contributed by atoms with Crippen LogP contribution in [0.3, 0.4) is 0 Å². The second kappa shape index (κ2) is 2.57. The quantitative estimate of drug-likeness (QED) is 0.595. The lowest BCUT2D eigenvalue weighted by Crippen LogP contribution is -2.45. The number of carbonyl (C=O) groups is 2. The summed E-state index contributed by atoms with van der Waals surface area (Å²) >= 11 is 0. The number of fused-ring (bicyclic) bond motifs is 1. The minimum absolute atomic E-state index is 0.0321. The summed E-state index contributed by atoms with van der Waals surface area (Å²) in [6.45, 7) is 0. The van der Waals surface area contributed by atoms with Gasteiger partial charge < -0.3 is 5.11 Å². The third-order valence-corrected chi connectivity index (χ3v) is 3.68. The van der Waals surface area contributed by atoms with Crippen molar-refractivity contribution in [3.8, 4) is 0 Å². The van der Waals surface area contributed by atoms with Gasteiger partial charge in [0.05, 0.1) is 24.0 Å². The Morgan fingerprint density at radius 2 is 1.79 bits per heavy atom. The van der Waals surface area contributed by atoms with Gasteiger partial charge in [-0.05, 0) is 25.7 Å². The number of piperidine rings is 1. The van der Waals surface area contributed by atoms with Crippen LogP contribution in [0.4, 0.5) is 0 Å². The summed E-state index contributed by atoms with van der Waals surface area (Å²) in [5, 5.41) is 9.64. The van der Waals surface area contributed by atoms with Crippen LogP contribution in [0, 0.1) is 11.8 Å². The summed E-state index contributed by atoms with van der Waals surface area (Å²) < 4.78 is 0. The third kappa shape index (κ3) is 0.919. The lowest BCUT2D eigenvalue weighted by atomic mass is 10.1. The summed E-state index contributed by atoms with van der Waals surface area (Å²) in [5.74, 6) is -0.137. The molecule has 4 atom stereocenters. The van der Waals surface area contributed by atoms with Crippen LogP contribution in [0.15, 0.2) is 0 Å². The van der Waals surface area contributed by atoms with E-state index in [4.69, 9.17) is 0 Å². The molecule has 0 spiro atoms. The normalized spacial score (nSPS) is 45.9. The Balaban J connectivity index is 1.85. The van der Waals surface area contributed by atoms with Gasteiger partial charge in [-0.15, -0.1) is 0 Å². The molecule has 2 aliphatic carbocycles. The zero-order chi connectivity index (χ0) is 9.87. The number of aliphatic hydroxyl groups is 1. The molecule has 1 aliphatic heterocycles. The zero-order valence-electron chi connectivity index (χ0n) is 7.85. The van der Waals surface area contributed by atoms with Crippen LogP contribution < -0.4 is 0 Å². The first-order valence-corrected chi connectivity index (χ1v) is 5.25. The van der Waals surface area contributed by atoms with Crippen molar-refractivity contribution in [1.29, 1.82) is 0 Å². The van der Waals surface area contributed by atoms with Gasteiger partial charge in [0.2, 0.25) is 11.8 Å². The molecule has 2 saturated carbocycles. The van der Waals surface area contributed by atoms with Crippen LogP contribution in [0.25, 0.3) is 0 Å². The van der Waals surface area contributed by atoms with Crippen LogP contribution >= 0.6 is 0 Å². The van der Waals surface area contributed by atoms with E-state index in [0.29, 0.717) is 0 Å². The Hall–Kier alpha value is -0.900. The minimum atomic E-state index is -0.486. The maximum atomic E-state index is 11.7. The number of likely N-dealkylation sites (tertiary alicyclic amines) is 1. The van der Waals surface area contributed by atoms with Gasteiger partial charge in [-0.25, -0.2) is 0 Å². The molecule has 1 heterocycles. The molecule has 76 valence electrons. The molecule has 3 rings (SSSR count). The number of hydrogen-bond donors (Lipinski definition) is 1. The molecule has 14 heavy (non-hydrogen) atoms. The molecular formula is C10H13NO3. The number of nitrogens with zero attached hydrogens (tertiary/aromatic N) is 1. The van der Waals surface area contributed by atoms with E-state index < -0.39 is 6.10 Å². The summed E-state index contributed by atoms with van der Waals surface area (Å²) in [6.07, 6.45) is 2.67. The molecule has 2 amide bonds. The van der Waals surface area contributed by atoms with Crippen molar-refractivity contribution in [3.05, 3.63) is 0 Å². The first-order valence-electron chi connectivity index (χ1n) is 5.25. The summed E-state index contributed by atoms with van der Waals surface area (Å²) in [5.41, 5.74) is 0. The molecule has 0 aromatic heterocycles. The van der Waals surface area contributed by atoms with E-state index in [0.717, 1.165) is 25.7 Å². The predicted molar refractivity (Wildman–Crippen MR) is 47.1 cm³/mol. The van der Waals surface area contributed by atoms with Gasteiger partial charge in [0.1, 0.15) is 0 Å². The van der Waals surface area contributed by atoms with Gasteiger partial charge >= 0.3 is 0 Å². The molecule has 1 saturated heterocycles. The second-order valence-corrected chi connectivity index (χ2v) is 4.56.